The molecule has 2 N–H and O–H groups in total. The second kappa shape index (κ2) is 8.91. The third-order valence-electron chi connectivity index (χ3n) is 4.07. The van der Waals surface area contributed by atoms with Gasteiger partial charge in [0.2, 0.25) is 0 Å². The van der Waals surface area contributed by atoms with E-state index in [9.17, 15) is 14.4 Å². The van der Waals surface area contributed by atoms with Gasteiger partial charge in [0.25, 0.3) is 5.91 Å². The van der Waals surface area contributed by atoms with E-state index in [-0.39, 0.29) is 12.5 Å². The largest absolute Gasteiger partial charge is 0.378 e. The normalized spacial score (nSPS) is 13.7. The number of nitrogens with zero attached hydrogens (tertiary/aromatic N) is 2. The van der Waals surface area contributed by atoms with Crippen LogP contribution in [-0.4, -0.2) is 53.9 Å². The highest BCUT2D eigenvalue weighted by Crippen LogP contribution is 2.18. The Balaban J connectivity index is 1.63. The summed E-state index contributed by atoms with van der Waals surface area (Å²) in [5.74, 6) is -1.84. The standard InChI is InChI=1S/C19H20N4O4/c24-17(21-13-14-5-3-4-8-20-14)18(25)22-16-7-2-1-6-15(16)19(26)23-9-11-27-12-10-23/h1-8H,9-13H2,(H,21,24)(H,22,25). The molecule has 1 saturated heterocycles. The maximum absolute atomic E-state index is 12.7. The van der Waals surface area contributed by atoms with Gasteiger partial charge in [-0.15, -0.1) is 0 Å². The van der Waals surface area contributed by atoms with Crippen LogP contribution in [0.2, 0.25) is 0 Å². The van der Waals surface area contributed by atoms with Gasteiger partial charge in [0, 0.05) is 19.3 Å². The first-order valence-corrected chi connectivity index (χ1v) is 8.60. The van der Waals surface area contributed by atoms with E-state index in [4.69, 9.17) is 4.74 Å². The third-order valence-corrected chi connectivity index (χ3v) is 4.07. The Morgan fingerprint density at radius 2 is 1.74 bits per heavy atom. The van der Waals surface area contributed by atoms with Crippen LogP contribution in [0.15, 0.2) is 48.7 Å². The lowest BCUT2D eigenvalue weighted by Gasteiger charge is -2.27. The molecule has 0 aliphatic carbocycles. The topological polar surface area (TPSA) is 101 Å². The molecule has 3 rings (SSSR count). The van der Waals surface area contributed by atoms with Gasteiger partial charge in [0.05, 0.1) is 36.7 Å². The molecule has 3 amide bonds. The molecule has 2 aromatic rings. The molecule has 1 fully saturated rings. The molecule has 1 aliphatic rings. The summed E-state index contributed by atoms with van der Waals surface area (Å²) in [7, 11) is 0. The molecular formula is C19H20N4O4. The average molecular weight is 368 g/mol. The highest BCUT2D eigenvalue weighted by Gasteiger charge is 2.22. The van der Waals surface area contributed by atoms with E-state index in [1.807, 2.05) is 0 Å². The number of nitrogens with one attached hydrogen (secondary N) is 2. The van der Waals surface area contributed by atoms with Gasteiger partial charge in [-0.25, -0.2) is 0 Å². The summed E-state index contributed by atoms with van der Waals surface area (Å²) in [4.78, 5) is 42.7. The first-order valence-electron chi connectivity index (χ1n) is 8.60. The molecule has 1 aromatic carbocycles. The van der Waals surface area contributed by atoms with Crippen LogP contribution in [0.1, 0.15) is 16.1 Å². The molecule has 0 saturated carbocycles. The highest BCUT2D eigenvalue weighted by molar-refractivity contribution is 6.40. The van der Waals surface area contributed by atoms with Crippen molar-refractivity contribution in [3.05, 3.63) is 59.9 Å². The number of anilines is 1. The van der Waals surface area contributed by atoms with Gasteiger partial charge >= 0.3 is 11.8 Å². The van der Waals surface area contributed by atoms with Crippen molar-refractivity contribution < 1.29 is 19.1 Å². The zero-order valence-electron chi connectivity index (χ0n) is 14.7. The zero-order valence-corrected chi connectivity index (χ0v) is 14.7. The van der Waals surface area contributed by atoms with Crippen molar-refractivity contribution in [3.63, 3.8) is 0 Å². The Kier molecular flexibility index (Phi) is 6.11. The highest BCUT2D eigenvalue weighted by atomic mass is 16.5. The summed E-state index contributed by atoms with van der Waals surface area (Å²) < 4.78 is 5.25. The number of ether oxygens (including phenoxy) is 1. The molecule has 8 nitrogen and oxygen atoms in total. The Labute approximate surface area is 156 Å². The van der Waals surface area contributed by atoms with Crippen LogP contribution in [0, 0.1) is 0 Å². The number of hydrogen-bond acceptors (Lipinski definition) is 5. The zero-order chi connectivity index (χ0) is 19.1. The summed E-state index contributed by atoms with van der Waals surface area (Å²) in [5.41, 5.74) is 1.28. The molecule has 0 atom stereocenters. The van der Waals surface area contributed by atoms with Crippen LogP contribution in [0.4, 0.5) is 5.69 Å². The van der Waals surface area contributed by atoms with Crippen molar-refractivity contribution in [3.8, 4) is 0 Å². The van der Waals surface area contributed by atoms with E-state index in [1.54, 1.807) is 53.6 Å². The number of rotatable bonds is 4. The molecule has 0 bridgehead atoms. The summed E-state index contributed by atoms with van der Waals surface area (Å²) >= 11 is 0. The molecular weight excluding hydrogens is 348 g/mol. The summed E-state index contributed by atoms with van der Waals surface area (Å²) in [6.07, 6.45) is 1.61. The SMILES string of the molecule is O=C(NCc1ccccn1)C(=O)Nc1ccccc1C(=O)N1CCOCC1. The van der Waals surface area contributed by atoms with Crippen LogP contribution in [0.5, 0.6) is 0 Å². The van der Waals surface area contributed by atoms with Crippen LogP contribution < -0.4 is 10.6 Å². The van der Waals surface area contributed by atoms with Crippen molar-refractivity contribution in [2.24, 2.45) is 0 Å². The number of hydrogen-bond donors (Lipinski definition) is 2. The van der Waals surface area contributed by atoms with E-state index < -0.39 is 11.8 Å². The minimum Gasteiger partial charge on any atom is -0.378 e. The van der Waals surface area contributed by atoms with Crippen molar-refractivity contribution >= 4 is 23.4 Å². The number of carbonyl (C=O) groups is 3. The van der Waals surface area contributed by atoms with Crippen LogP contribution >= 0.6 is 0 Å². The molecule has 27 heavy (non-hydrogen) atoms. The Bertz CT molecular complexity index is 819. The quantitative estimate of drug-likeness (QED) is 0.778. The average Bonchev–Trinajstić information content (AvgIpc) is 2.73. The Morgan fingerprint density at radius 1 is 1.00 bits per heavy atom. The molecule has 1 aliphatic heterocycles. The van der Waals surface area contributed by atoms with Crippen LogP contribution in [0.25, 0.3) is 0 Å². The predicted octanol–water partition coefficient (Wildman–Crippen LogP) is 0.809. The monoisotopic (exact) mass is 368 g/mol. The van der Waals surface area contributed by atoms with E-state index in [1.165, 1.54) is 0 Å². The lowest BCUT2D eigenvalue weighted by molar-refractivity contribution is -0.136. The van der Waals surface area contributed by atoms with Gasteiger partial charge in [-0.3, -0.25) is 19.4 Å². The van der Waals surface area contributed by atoms with Gasteiger partial charge in [0.15, 0.2) is 0 Å². The molecule has 1 aromatic heterocycles. The van der Waals surface area contributed by atoms with Gasteiger partial charge in [-0.1, -0.05) is 18.2 Å². The maximum Gasteiger partial charge on any atom is 0.313 e. The molecule has 0 radical (unpaired) electrons. The third kappa shape index (κ3) is 4.89. The Morgan fingerprint density at radius 3 is 2.48 bits per heavy atom. The van der Waals surface area contributed by atoms with Crippen molar-refractivity contribution in [2.75, 3.05) is 31.6 Å². The summed E-state index contributed by atoms with van der Waals surface area (Å²) in [5, 5.41) is 5.02. The first-order chi connectivity index (χ1) is 13.1. The minimum atomic E-state index is -0.840. The molecule has 0 spiro atoms. The van der Waals surface area contributed by atoms with Crippen LogP contribution in [0.3, 0.4) is 0 Å². The fourth-order valence-corrected chi connectivity index (χ4v) is 2.65. The molecule has 140 valence electrons. The van der Waals surface area contributed by atoms with E-state index in [2.05, 4.69) is 15.6 Å². The number of carbonyl (C=O) groups excluding carboxylic acids is 3. The second-order valence-electron chi connectivity index (χ2n) is 5.91. The lowest BCUT2D eigenvalue weighted by atomic mass is 10.1. The van der Waals surface area contributed by atoms with Crippen LogP contribution in [-0.2, 0) is 20.9 Å². The first kappa shape index (κ1) is 18.5. The number of aromatic nitrogens is 1. The van der Waals surface area contributed by atoms with E-state index in [0.717, 1.165) is 0 Å². The van der Waals surface area contributed by atoms with Gasteiger partial charge in [0.1, 0.15) is 0 Å². The number of morpholine rings is 1. The molecule has 0 unspecified atom stereocenters. The van der Waals surface area contributed by atoms with Gasteiger partial charge < -0.3 is 20.3 Å². The van der Waals surface area contributed by atoms with Gasteiger partial charge in [-0.05, 0) is 24.3 Å². The summed E-state index contributed by atoms with van der Waals surface area (Å²) in [6.45, 7) is 2.09. The summed E-state index contributed by atoms with van der Waals surface area (Å²) in [6, 6.07) is 11.9. The fourth-order valence-electron chi connectivity index (χ4n) is 2.65. The number of benzene rings is 1. The number of para-hydroxylation sites is 1. The van der Waals surface area contributed by atoms with E-state index in [0.29, 0.717) is 43.2 Å². The van der Waals surface area contributed by atoms with E-state index >= 15 is 0 Å². The van der Waals surface area contributed by atoms with Crippen molar-refractivity contribution in [2.45, 2.75) is 6.54 Å². The molecule has 8 heteroatoms. The number of amides is 3. The minimum absolute atomic E-state index is 0.140. The lowest BCUT2D eigenvalue weighted by Crippen LogP contribution is -2.41. The maximum atomic E-state index is 12.7. The number of pyridine rings is 1. The van der Waals surface area contributed by atoms with Crippen molar-refractivity contribution in [1.82, 2.24) is 15.2 Å². The molecule has 2 heterocycles. The Hall–Kier alpha value is -3.26. The second-order valence-corrected chi connectivity index (χ2v) is 5.91. The van der Waals surface area contributed by atoms with Crippen molar-refractivity contribution in [1.29, 1.82) is 0 Å². The fraction of sp³-hybridized carbons (Fsp3) is 0.263. The van der Waals surface area contributed by atoms with Gasteiger partial charge in [-0.2, -0.15) is 0 Å². The smallest absolute Gasteiger partial charge is 0.313 e. The predicted molar refractivity (Wildman–Crippen MR) is 97.9 cm³/mol.